The largest absolute Gasteiger partial charge is 0.497 e. The number of rotatable bonds is 6. The van der Waals surface area contributed by atoms with E-state index >= 15 is 0 Å². The number of aliphatic hydroxyl groups is 1. The van der Waals surface area contributed by atoms with Gasteiger partial charge in [-0.1, -0.05) is 0 Å². The first-order chi connectivity index (χ1) is 8.30. The lowest BCUT2D eigenvalue weighted by atomic mass is 10.2. The van der Waals surface area contributed by atoms with Crippen LogP contribution < -0.4 is 9.47 Å². The molecule has 0 radical (unpaired) electrons. The van der Waals surface area contributed by atoms with E-state index in [1.807, 2.05) is 30.4 Å². The number of hydrogen-bond donors (Lipinski definition) is 1. The lowest BCUT2D eigenvalue weighted by molar-refractivity contribution is 0.289. The normalized spacial score (nSPS) is 9.35. The highest BCUT2D eigenvalue weighted by Crippen LogP contribution is 2.22. The van der Waals surface area contributed by atoms with Gasteiger partial charge in [0.1, 0.15) is 11.5 Å². The van der Waals surface area contributed by atoms with Gasteiger partial charge in [-0.3, -0.25) is 0 Å². The summed E-state index contributed by atoms with van der Waals surface area (Å²) in [5.41, 5.74) is 4.04. The molecular formula is C14H18O3. The van der Waals surface area contributed by atoms with Crippen molar-refractivity contribution in [3.05, 3.63) is 35.6 Å². The highest BCUT2D eigenvalue weighted by atomic mass is 16.5. The van der Waals surface area contributed by atoms with Crippen LogP contribution in [-0.4, -0.2) is 25.9 Å². The zero-order valence-electron chi connectivity index (χ0n) is 10.3. The van der Waals surface area contributed by atoms with Crippen LogP contribution in [0.1, 0.15) is 18.4 Å². The van der Waals surface area contributed by atoms with Gasteiger partial charge in [0.05, 0.1) is 14.2 Å². The predicted molar refractivity (Wildman–Crippen MR) is 68.4 cm³/mol. The molecule has 0 aliphatic rings. The molecule has 0 unspecified atom stereocenters. The molecule has 17 heavy (non-hydrogen) atoms. The summed E-state index contributed by atoms with van der Waals surface area (Å²) in [4.78, 5) is 0. The van der Waals surface area contributed by atoms with Crippen LogP contribution in [0.2, 0.25) is 0 Å². The van der Waals surface area contributed by atoms with Crippen molar-refractivity contribution in [1.29, 1.82) is 0 Å². The third-order valence-corrected chi connectivity index (χ3v) is 2.25. The minimum absolute atomic E-state index is 0.213. The molecule has 1 aromatic carbocycles. The molecule has 0 aliphatic heterocycles. The molecule has 1 N–H and O–H groups in total. The minimum atomic E-state index is 0.213. The van der Waals surface area contributed by atoms with Crippen molar-refractivity contribution in [3.63, 3.8) is 0 Å². The van der Waals surface area contributed by atoms with Crippen molar-refractivity contribution in [1.82, 2.24) is 0 Å². The van der Waals surface area contributed by atoms with Crippen LogP contribution in [-0.2, 0) is 0 Å². The SMILES string of the molecule is COc1cc(C=C=CCCCO)cc(OC)c1. The topological polar surface area (TPSA) is 38.7 Å². The zero-order chi connectivity index (χ0) is 12.5. The quantitative estimate of drug-likeness (QED) is 0.607. The second kappa shape index (κ2) is 7.55. The van der Waals surface area contributed by atoms with Crippen LogP contribution >= 0.6 is 0 Å². The van der Waals surface area contributed by atoms with Gasteiger partial charge in [-0.25, -0.2) is 0 Å². The van der Waals surface area contributed by atoms with E-state index in [-0.39, 0.29) is 6.61 Å². The van der Waals surface area contributed by atoms with E-state index < -0.39 is 0 Å². The van der Waals surface area contributed by atoms with E-state index in [0.29, 0.717) is 0 Å². The molecule has 0 spiro atoms. The molecule has 0 aromatic heterocycles. The first-order valence-electron chi connectivity index (χ1n) is 5.55. The van der Waals surface area contributed by atoms with E-state index in [2.05, 4.69) is 5.73 Å². The smallest absolute Gasteiger partial charge is 0.123 e. The lowest BCUT2D eigenvalue weighted by Crippen LogP contribution is -1.87. The van der Waals surface area contributed by atoms with Crippen molar-refractivity contribution in [2.75, 3.05) is 20.8 Å². The van der Waals surface area contributed by atoms with E-state index in [1.54, 1.807) is 14.2 Å². The molecule has 0 aliphatic carbocycles. The van der Waals surface area contributed by atoms with Crippen LogP contribution in [0.3, 0.4) is 0 Å². The second-order valence-electron chi connectivity index (χ2n) is 3.53. The molecule has 3 heteroatoms. The average Bonchev–Trinajstić information content (AvgIpc) is 2.38. The van der Waals surface area contributed by atoms with Gasteiger partial charge in [-0.15, -0.1) is 5.73 Å². The maximum atomic E-state index is 8.63. The Kier molecular flexibility index (Phi) is 5.94. The van der Waals surface area contributed by atoms with Gasteiger partial charge in [-0.2, -0.15) is 0 Å². The van der Waals surface area contributed by atoms with Crippen molar-refractivity contribution in [2.24, 2.45) is 0 Å². The van der Waals surface area contributed by atoms with Crippen LogP contribution in [0.5, 0.6) is 11.5 Å². The minimum Gasteiger partial charge on any atom is -0.497 e. The summed E-state index contributed by atoms with van der Waals surface area (Å²) in [7, 11) is 3.25. The molecular weight excluding hydrogens is 216 g/mol. The third kappa shape index (κ3) is 4.77. The summed E-state index contributed by atoms with van der Waals surface area (Å²) >= 11 is 0. The summed E-state index contributed by atoms with van der Waals surface area (Å²) in [5, 5.41) is 8.63. The standard InChI is InChI=1S/C14H18O3/c1-16-13-9-12(10-14(11-13)17-2)7-5-3-4-6-8-15/h3,7,9-11,15H,4,6,8H2,1-2H3. The van der Waals surface area contributed by atoms with Crippen LogP contribution in [0.4, 0.5) is 0 Å². The molecule has 0 bridgehead atoms. The van der Waals surface area contributed by atoms with E-state index in [1.165, 1.54) is 0 Å². The summed E-state index contributed by atoms with van der Waals surface area (Å²) in [6.07, 6.45) is 5.36. The number of hydrogen-bond acceptors (Lipinski definition) is 3. The molecule has 0 amide bonds. The Bertz CT molecular complexity index is 382. The monoisotopic (exact) mass is 234 g/mol. The first-order valence-corrected chi connectivity index (χ1v) is 5.55. The van der Waals surface area contributed by atoms with Crippen molar-refractivity contribution >= 4 is 6.08 Å². The fraction of sp³-hybridized carbons (Fsp3) is 0.357. The average molecular weight is 234 g/mol. The summed E-state index contributed by atoms with van der Waals surface area (Å²) in [6, 6.07) is 5.65. The van der Waals surface area contributed by atoms with Crippen LogP contribution in [0.15, 0.2) is 30.0 Å². The summed E-state index contributed by atoms with van der Waals surface area (Å²) < 4.78 is 10.3. The van der Waals surface area contributed by atoms with Gasteiger partial charge in [0, 0.05) is 12.7 Å². The Balaban J connectivity index is 2.79. The maximum Gasteiger partial charge on any atom is 0.123 e. The van der Waals surface area contributed by atoms with Crippen LogP contribution in [0, 0.1) is 0 Å². The highest BCUT2D eigenvalue weighted by molar-refractivity contribution is 5.54. The second-order valence-corrected chi connectivity index (χ2v) is 3.53. The maximum absolute atomic E-state index is 8.63. The number of ether oxygens (including phenoxy) is 2. The van der Waals surface area contributed by atoms with Gasteiger partial charge in [0.2, 0.25) is 0 Å². The van der Waals surface area contributed by atoms with Gasteiger partial charge in [0.15, 0.2) is 0 Å². The number of methoxy groups -OCH3 is 2. The zero-order valence-corrected chi connectivity index (χ0v) is 10.3. The molecule has 3 nitrogen and oxygen atoms in total. The van der Waals surface area contributed by atoms with E-state index in [4.69, 9.17) is 14.6 Å². The molecule has 1 rings (SSSR count). The molecule has 0 fully saturated rings. The number of aliphatic hydroxyl groups excluding tert-OH is 1. The Morgan fingerprint density at radius 2 is 1.82 bits per heavy atom. The molecule has 0 saturated carbocycles. The Morgan fingerprint density at radius 1 is 1.18 bits per heavy atom. The van der Waals surface area contributed by atoms with Gasteiger partial charge < -0.3 is 14.6 Å². The fourth-order valence-corrected chi connectivity index (χ4v) is 1.34. The van der Waals surface area contributed by atoms with E-state index in [0.717, 1.165) is 29.9 Å². The fourth-order valence-electron chi connectivity index (χ4n) is 1.34. The van der Waals surface area contributed by atoms with Gasteiger partial charge in [0.25, 0.3) is 0 Å². The Morgan fingerprint density at radius 3 is 2.35 bits per heavy atom. The highest BCUT2D eigenvalue weighted by Gasteiger charge is 1.98. The number of allylic oxidation sites excluding steroid dienone is 1. The van der Waals surface area contributed by atoms with E-state index in [9.17, 15) is 0 Å². The van der Waals surface area contributed by atoms with Crippen molar-refractivity contribution in [3.8, 4) is 11.5 Å². The summed E-state index contributed by atoms with van der Waals surface area (Å²) in [5.74, 6) is 1.51. The molecule has 0 atom stereocenters. The number of unbranched alkanes of at least 4 members (excludes halogenated alkanes) is 1. The molecule has 0 saturated heterocycles. The van der Waals surface area contributed by atoms with Crippen LogP contribution in [0.25, 0.3) is 6.08 Å². The Hall–Kier alpha value is -1.70. The van der Waals surface area contributed by atoms with Gasteiger partial charge in [-0.05, 0) is 42.7 Å². The molecule has 92 valence electrons. The van der Waals surface area contributed by atoms with Crippen molar-refractivity contribution < 1.29 is 14.6 Å². The lowest BCUT2D eigenvalue weighted by Gasteiger charge is -2.05. The first kappa shape index (κ1) is 13.4. The summed E-state index contributed by atoms with van der Waals surface area (Å²) in [6.45, 7) is 0.213. The number of benzene rings is 1. The molecule has 1 aromatic rings. The predicted octanol–water partition coefficient (Wildman–Crippen LogP) is 2.64. The molecule has 0 heterocycles. The third-order valence-electron chi connectivity index (χ3n) is 2.25. The van der Waals surface area contributed by atoms with Gasteiger partial charge >= 0.3 is 0 Å². The van der Waals surface area contributed by atoms with Crippen molar-refractivity contribution in [2.45, 2.75) is 12.8 Å². The Labute approximate surface area is 102 Å².